The van der Waals surface area contributed by atoms with Gasteiger partial charge in [-0.3, -0.25) is 0 Å². The maximum absolute atomic E-state index is 12.0. The summed E-state index contributed by atoms with van der Waals surface area (Å²) in [6.07, 6.45) is -0.0988. The second-order valence-corrected chi connectivity index (χ2v) is 7.09. The van der Waals surface area contributed by atoms with E-state index in [4.69, 9.17) is 14.7 Å². The van der Waals surface area contributed by atoms with Crippen LogP contribution in [0.4, 0.5) is 0 Å². The van der Waals surface area contributed by atoms with Crippen molar-refractivity contribution in [2.45, 2.75) is 32.8 Å². The zero-order valence-electron chi connectivity index (χ0n) is 12.6. The van der Waals surface area contributed by atoms with Crippen molar-refractivity contribution in [2.24, 2.45) is 5.16 Å². The molecule has 0 saturated carbocycles. The summed E-state index contributed by atoms with van der Waals surface area (Å²) < 4.78 is 11.2. The molecule has 0 aliphatic carbocycles. The molecule has 0 spiro atoms. The number of hydrogen-bond acceptors (Lipinski definition) is 6. The van der Waals surface area contributed by atoms with Gasteiger partial charge in [0.05, 0.1) is 11.6 Å². The number of nitrogens with zero attached hydrogens (tertiary/aromatic N) is 1. The third-order valence-corrected chi connectivity index (χ3v) is 3.87. The highest BCUT2D eigenvalue weighted by atomic mass is 79.9. The Hall–Kier alpha value is -1.28. The predicted molar refractivity (Wildman–Crippen MR) is 88.8 cm³/mol. The van der Waals surface area contributed by atoms with Crippen LogP contribution in [0.2, 0.25) is 0 Å². The first-order valence-corrected chi connectivity index (χ1v) is 7.87. The molecule has 1 aromatic carbocycles. The summed E-state index contributed by atoms with van der Waals surface area (Å²) in [5.41, 5.74) is -0.553. The Morgan fingerprint density at radius 2 is 1.95 bits per heavy atom. The van der Waals surface area contributed by atoms with Gasteiger partial charge in [0.1, 0.15) is 15.8 Å². The van der Waals surface area contributed by atoms with Gasteiger partial charge in [-0.1, -0.05) is 5.16 Å². The summed E-state index contributed by atoms with van der Waals surface area (Å²) in [5, 5.41) is 22.2. The molecule has 1 aromatic rings. The number of ether oxygens (including phenoxy) is 2. The Balaban J connectivity index is 3.10. The van der Waals surface area contributed by atoms with E-state index in [0.717, 1.165) is 0 Å². The van der Waals surface area contributed by atoms with E-state index in [9.17, 15) is 9.90 Å². The van der Waals surface area contributed by atoms with E-state index < -0.39 is 11.6 Å². The van der Waals surface area contributed by atoms with Crippen LogP contribution >= 0.6 is 31.9 Å². The van der Waals surface area contributed by atoms with Crippen LogP contribution in [0.3, 0.4) is 0 Å². The summed E-state index contributed by atoms with van der Waals surface area (Å²) in [6.45, 7) is 5.12. The molecule has 0 atom stereocenters. The Kier molecular flexibility index (Phi) is 6.25. The fourth-order valence-corrected chi connectivity index (χ4v) is 3.16. The molecule has 8 heteroatoms. The molecule has 0 unspecified atom stereocenters. The monoisotopic (exact) mass is 437 g/mol. The largest absolute Gasteiger partial charge is 0.506 e. The summed E-state index contributed by atoms with van der Waals surface area (Å²) >= 11 is 6.52. The average molecular weight is 439 g/mol. The number of rotatable bonds is 4. The van der Waals surface area contributed by atoms with Crippen LogP contribution in [0.25, 0.3) is 0 Å². The Morgan fingerprint density at radius 3 is 2.41 bits per heavy atom. The third kappa shape index (κ3) is 4.61. The lowest BCUT2D eigenvalue weighted by molar-refractivity contribution is -0.146. The minimum absolute atomic E-state index is 0.0988. The van der Waals surface area contributed by atoms with Gasteiger partial charge in [-0.15, -0.1) is 0 Å². The van der Waals surface area contributed by atoms with Gasteiger partial charge in [0.15, 0.2) is 11.5 Å². The Morgan fingerprint density at radius 1 is 1.36 bits per heavy atom. The van der Waals surface area contributed by atoms with Gasteiger partial charge in [-0.2, -0.15) is 0 Å². The van der Waals surface area contributed by atoms with Crippen LogP contribution in [0.1, 0.15) is 26.3 Å². The van der Waals surface area contributed by atoms with Gasteiger partial charge in [-0.05, 0) is 58.7 Å². The van der Waals surface area contributed by atoms with Crippen LogP contribution in [0, 0.1) is 0 Å². The number of oxime groups is 1. The fourth-order valence-electron chi connectivity index (χ4n) is 1.63. The lowest BCUT2D eigenvalue weighted by Gasteiger charge is -2.20. The molecule has 0 fully saturated rings. The molecular formula is C14H17Br2NO5. The highest BCUT2D eigenvalue weighted by molar-refractivity contribution is 9.11. The van der Waals surface area contributed by atoms with Crippen molar-refractivity contribution in [2.75, 3.05) is 7.11 Å². The molecule has 22 heavy (non-hydrogen) atoms. The normalized spacial score (nSPS) is 12.2. The first-order chi connectivity index (χ1) is 10.1. The molecule has 0 aliphatic heterocycles. The molecule has 0 bridgehead atoms. The second-order valence-electron chi connectivity index (χ2n) is 5.44. The highest BCUT2D eigenvalue weighted by Crippen LogP contribution is 2.42. The molecule has 6 nitrogen and oxygen atoms in total. The van der Waals surface area contributed by atoms with Crippen molar-refractivity contribution in [3.05, 3.63) is 20.6 Å². The highest BCUT2D eigenvalue weighted by Gasteiger charge is 2.24. The van der Waals surface area contributed by atoms with Crippen molar-refractivity contribution in [1.29, 1.82) is 0 Å². The molecular weight excluding hydrogens is 422 g/mol. The zero-order chi connectivity index (χ0) is 17.1. The quantitative estimate of drug-likeness (QED) is 0.324. The number of carbonyl (C=O) groups is 1. The van der Waals surface area contributed by atoms with Crippen LogP contribution in [0.15, 0.2) is 20.2 Å². The molecule has 0 aliphatic rings. The minimum Gasteiger partial charge on any atom is -0.506 e. The summed E-state index contributed by atoms with van der Waals surface area (Å²) in [6, 6.07) is 1.58. The van der Waals surface area contributed by atoms with Gasteiger partial charge < -0.3 is 19.8 Å². The molecule has 122 valence electrons. The number of benzene rings is 1. The molecule has 0 radical (unpaired) electrons. The van der Waals surface area contributed by atoms with Gasteiger partial charge in [0, 0.05) is 12.0 Å². The smallest absolute Gasteiger partial charge is 0.356 e. The van der Waals surface area contributed by atoms with Gasteiger partial charge >= 0.3 is 5.97 Å². The Labute approximate surface area is 145 Å². The third-order valence-electron chi connectivity index (χ3n) is 2.55. The van der Waals surface area contributed by atoms with Gasteiger partial charge in [-0.25, -0.2) is 4.79 Å². The zero-order valence-corrected chi connectivity index (χ0v) is 15.8. The van der Waals surface area contributed by atoms with Crippen molar-refractivity contribution in [3.8, 4) is 11.5 Å². The lowest BCUT2D eigenvalue weighted by atomic mass is 10.1. The number of methoxy groups -OCH3 is 1. The summed E-state index contributed by atoms with van der Waals surface area (Å²) in [5.74, 6) is -0.441. The number of aromatic hydroxyl groups is 1. The van der Waals surface area contributed by atoms with Crippen LogP contribution < -0.4 is 4.74 Å². The lowest BCUT2D eigenvalue weighted by Crippen LogP contribution is -2.30. The van der Waals surface area contributed by atoms with E-state index in [-0.39, 0.29) is 17.9 Å². The molecule has 2 N–H and O–H groups in total. The van der Waals surface area contributed by atoms with Gasteiger partial charge in [0.25, 0.3) is 0 Å². The molecule has 0 amide bonds. The van der Waals surface area contributed by atoms with Crippen molar-refractivity contribution < 1.29 is 24.6 Å². The number of phenolic OH excluding ortho intramolecular Hbond substituents is 1. The first kappa shape index (κ1) is 18.8. The van der Waals surface area contributed by atoms with Crippen LogP contribution in [0.5, 0.6) is 11.5 Å². The van der Waals surface area contributed by atoms with Crippen molar-refractivity contribution in [3.63, 3.8) is 0 Å². The number of carbonyl (C=O) groups excluding carboxylic acids is 1. The molecule has 1 rings (SSSR count). The van der Waals surface area contributed by atoms with E-state index in [1.54, 1.807) is 26.8 Å². The Bertz CT molecular complexity index is 608. The van der Waals surface area contributed by atoms with E-state index >= 15 is 0 Å². The summed E-state index contributed by atoms with van der Waals surface area (Å²) in [4.78, 5) is 12.0. The number of esters is 1. The average Bonchev–Trinajstić information content (AvgIpc) is 2.39. The number of halogens is 2. The fraction of sp³-hybridized carbons (Fsp3) is 0.429. The van der Waals surface area contributed by atoms with E-state index in [1.807, 2.05) is 0 Å². The number of hydrogen-bond donors (Lipinski definition) is 2. The van der Waals surface area contributed by atoms with E-state index in [2.05, 4.69) is 37.0 Å². The molecule has 0 aromatic heterocycles. The maximum Gasteiger partial charge on any atom is 0.356 e. The minimum atomic E-state index is -0.752. The van der Waals surface area contributed by atoms with Crippen LogP contribution in [-0.2, 0) is 16.0 Å². The second kappa shape index (κ2) is 7.32. The van der Waals surface area contributed by atoms with E-state index in [1.165, 1.54) is 7.11 Å². The van der Waals surface area contributed by atoms with Crippen molar-refractivity contribution >= 4 is 43.5 Å². The van der Waals surface area contributed by atoms with E-state index in [0.29, 0.717) is 20.3 Å². The van der Waals surface area contributed by atoms with Gasteiger partial charge in [0.2, 0.25) is 0 Å². The standard InChI is InChI=1S/C14H17Br2NO5/c1-14(2,3)22-13(19)9(17-20)6-7-5-8(15)12(21-4)10(16)11(7)18/h5,18,20H,6H2,1-4H3/b17-9+. The maximum atomic E-state index is 12.0. The molecule has 0 saturated heterocycles. The summed E-state index contributed by atoms with van der Waals surface area (Å²) in [7, 11) is 1.46. The topological polar surface area (TPSA) is 88.4 Å². The molecule has 0 heterocycles. The van der Waals surface area contributed by atoms with Crippen LogP contribution in [-0.4, -0.2) is 34.7 Å². The van der Waals surface area contributed by atoms with Crippen molar-refractivity contribution in [1.82, 2.24) is 0 Å². The number of phenols is 1. The SMILES string of the molecule is COc1c(Br)cc(C/C(=N\O)C(=O)OC(C)(C)C)c(O)c1Br. The first-order valence-electron chi connectivity index (χ1n) is 6.28. The predicted octanol–water partition coefficient (Wildman–Crippen LogP) is 3.64.